The van der Waals surface area contributed by atoms with Crippen molar-refractivity contribution in [1.29, 1.82) is 0 Å². The zero-order valence-electron chi connectivity index (χ0n) is 6.12. The van der Waals surface area contributed by atoms with E-state index in [0.29, 0.717) is 12.3 Å². The largest absolute Gasteiger partial charge is 0.480 e. The van der Waals surface area contributed by atoms with E-state index in [4.69, 9.17) is 22.4 Å². The minimum absolute atomic E-state index is 0.511. The van der Waals surface area contributed by atoms with Crippen molar-refractivity contribution in [3.8, 4) is 0 Å². The summed E-state index contributed by atoms with van der Waals surface area (Å²) in [5, 5.41) is 8.38. The molecule has 0 aliphatic carbocycles. The third-order valence-electron chi connectivity index (χ3n) is 1.11. The van der Waals surface area contributed by atoms with Crippen molar-refractivity contribution >= 4 is 29.3 Å². The number of hydrogen-bond acceptors (Lipinski definition) is 3. The maximum absolute atomic E-state index is 10.2. The minimum atomic E-state index is -0.934. The Hall–Kier alpha value is 0.0700. The summed E-state index contributed by atoms with van der Waals surface area (Å²) in [6, 6.07) is -0.724. The molecule has 3 nitrogen and oxygen atoms in total. The molecule has 0 aliphatic heterocycles. The van der Waals surface area contributed by atoms with Crippen LogP contribution < -0.4 is 5.73 Å². The second kappa shape index (κ2) is 6.76. The van der Waals surface area contributed by atoms with Crippen LogP contribution >= 0.6 is 23.4 Å². The van der Waals surface area contributed by atoms with Crippen LogP contribution in [0.4, 0.5) is 0 Å². The molecule has 0 rings (SSSR count). The van der Waals surface area contributed by atoms with Crippen molar-refractivity contribution in [2.24, 2.45) is 5.73 Å². The minimum Gasteiger partial charge on any atom is -0.480 e. The van der Waals surface area contributed by atoms with E-state index in [1.54, 1.807) is 11.8 Å². The van der Waals surface area contributed by atoms with Gasteiger partial charge in [0.05, 0.1) is 0 Å². The van der Waals surface area contributed by atoms with E-state index >= 15 is 0 Å². The van der Waals surface area contributed by atoms with Gasteiger partial charge in [-0.15, -0.1) is 11.6 Å². The first kappa shape index (κ1) is 11.1. The number of carbonyl (C=O) groups is 1. The topological polar surface area (TPSA) is 63.3 Å². The van der Waals surface area contributed by atoms with Gasteiger partial charge in [-0.2, -0.15) is 11.8 Å². The first-order chi connectivity index (χ1) is 5.18. The molecule has 0 unspecified atom stereocenters. The number of aliphatic carboxylic acids is 1. The van der Waals surface area contributed by atoms with Crippen molar-refractivity contribution < 1.29 is 9.90 Å². The summed E-state index contributed by atoms with van der Waals surface area (Å²) in [5.41, 5.74) is 5.25. The molecule has 0 aromatic carbocycles. The molecule has 1 atom stereocenters. The molecule has 0 amide bonds. The molecule has 0 radical (unpaired) electrons. The zero-order chi connectivity index (χ0) is 8.69. The fraction of sp³-hybridized carbons (Fsp3) is 0.833. The van der Waals surface area contributed by atoms with E-state index in [1.807, 2.05) is 0 Å². The molecule has 3 N–H and O–H groups in total. The maximum Gasteiger partial charge on any atom is 0.320 e. The Morgan fingerprint density at radius 3 is 2.73 bits per heavy atom. The van der Waals surface area contributed by atoms with Gasteiger partial charge in [0, 0.05) is 11.6 Å². The van der Waals surface area contributed by atoms with Crippen LogP contribution in [0.1, 0.15) is 6.42 Å². The Labute approximate surface area is 75.3 Å². The predicted molar refractivity (Wildman–Crippen MR) is 48.3 cm³/mol. The molecule has 66 valence electrons. The quantitative estimate of drug-likeness (QED) is 0.488. The Balaban J connectivity index is 3.17. The molecular formula is C6H12ClNO2S. The molecule has 0 saturated heterocycles. The van der Waals surface area contributed by atoms with E-state index in [0.717, 1.165) is 11.5 Å². The number of thioether (sulfide) groups is 1. The third kappa shape index (κ3) is 6.47. The molecule has 0 heterocycles. The molecule has 0 aliphatic rings. The lowest BCUT2D eigenvalue weighted by molar-refractivity contribution is -0.138. The van der Waals surface area contributed by atoms with Crippen molar-refractivity contribution in [1.82, 2.24) is 0 Å². The van der Waals surface area contributed by atoms with Crippen LogP contribution in [0.2, 0.25) is 0 Å². The molecule has 0 bridgehead atoms. The third-order valence-corrected chi connectivity index (χ3v) is 2.54. The number of halogens is 1. The second-order valence-corrected chi connectivity index (χ2v) is 3.64. The Bertz CT molecular complexity index is 123. The number of carboxylic acids is 1. The Kier molecular flexibility index (Phi) is 6.80. The van der Waals surface area contributed by atoms with E-state index in [9.17, 15) is 4.79 Å². The van der Waals surface area contributed by atoms with E-state index in [2.05, 4.69) is 0 Å². The summed E-state index contributed by atoms with van der Waals surface area (Å²) in [7, 11) is 0. The lowest BCUT2D eigenvalue weighted by atomic mass is 10.2. The molecule has 0 aromatic rings. The van der Waals surface area contributed by atoms with Crippen LogP contribution in [-0.4, -0.2) is 34.5 Å². The summed E-state index contributed by atoms with van der Waals surface area (Å²) in [6.45, 7) is 0. The molecule has 0 fully saturated rings. The van der Waals surface area contributed by atoms with Gasteiger partial charge in [0.2, 0.25) is 0 Å². The summed E-state index contributed by atoms with van der Waals surface area (Å²) in [4.78, 5) is 10.2. The molecule has 5 heteroatoms. The Morgan fingerprint density at radius 1 is 1.64 bits per heavy atom. The lowest BCUT2D eigenvalue weighted by Crippen LogP contribution is -2.30. The fourth-order valence-electron chi connectivity index (χ4n) is 0.490. The van der Waals surface area contributed by atoms with Crippen LogP contribution in [0.5, 0.6) is 0 Å². The highest BCUT2D eigenvalue weighted by atomic mass is 35.5. The Morgan fingerprint density at radius 2 is 2.27 bits per heavy atom. The summed E-state index contributed by atoms with van der Waals surface area (Å²) < 4.78 is 0. The van der Waals surface area contributed by atoms with E-state index in [-0.39, 0.29) is 0 Å². The van der Waals surface area contributed by atoms with Gasteiger partial charge in [-0.1, -0.05) is 0 Å². The number of hydrogen-bond donors (Lipinski definition) is 2. The van der Waals surface area contributed by atoms with Gasteiger partial charge in [0.25, 0.3) is 0 Å². The summed E-state index contributed by atoms with van der Waals surface area (Å²) >= 11 is 7.03. The average Bonchev–Trinajstić information content (AvgIpc) is 1.97. The predicted octanol–water partition coefficient (Wildman–Crippen LogP) is 0.760. The van der Waals surface area contributed by atoms with Gasteiger partial charge in [-0.05, 0) is 12.2 Å². The second-order valence-electron chi connectivity index (χ2n) is 2.03. The first-order valence-corrected chi connectivity index (χ1v) is 4.99. The summed E-state index contributed by atoms with van der Waals surface area (Å²) in [5.74, 6) is 1.29. The molecule has 0 spiro atoms. The standard InChI is InChI=1S/C6H12ClNO2S/c7-2-4-11-3-1-5(8)6(9)10/h5H,1-4,8H2,(H,9,10)/t5-/m0/s1. The van der Waals surface area contributed by atoms with Crippen LogP contribution in [-0.2, 0) is 4.79 Å². The van der Waals surface area contributed by atoms with Gasteiger partial charge in [0.15, 0.2) is 0 Å². The van der Waals surface area contributed by atoms with E-state index in [1.165, 1.54) is 0 Å². The number of carboxylic acid groups (broad SMARTS) is 1. The monoisotopic (exact) mass is 197 g/mol. The van der Waals surface area contributed by atoms with Crippen molar-refractivity contribution in [2.75, 3.05) is 17.4 Å². The molecule has 0 aromatic heterocycles. The van der Waals surface area contributed by atoms with Crippen LogP contribution in [0.25, 0.3) is 0 Å². The fourth-order valence-corrected chi connectivity index (χ4v) is 1.55. The average molecular weight is 198 g/mol. The normalized spacial score (nSPS) is 12.9. The van der Waals surface area contributed by atoms with Crippen molar-refractivity contribution in [3.63, 3.8) is 0 Å². The zero-order valence-corrected chi connectivity index (χ0v) is 7.70. The summed E-state index contributed by atoms with van der Waals surface area (Å²) in [6.07, 6.45) is 0.511. The van der Waals surface area contributed by atoms with Gasteiger partial charge >= 0.3 is 5.97 Å². The number of alkyl halides is 1. The maximum atomic E-state index is 10.2. The van der Waals surface area contributed by atoms with Crippen LogP contribution in [0.15, 0.2) is 0 Å². The van der Waals surface area contributed by atoms with Gasteiger partial charge in [0.1, 0.15) is 6.04 Å². The van der Waals surface area contributed by atoms with Crippen LogP contribution in [0.3, 0.4) is 0 Å². The molecular weight excluding hydrogens is 186 g/mol. The van der Waals surface area contributed by atoms with Gasteiger partial charge in [-0.25, -0.2) is 0 Å². The molecule has 0 saturated carbocycles. The number of nitrogens with two attached hydrogens (primary N) is 1. The smallest absolute Gasteiger partial charge is 0.320 e. The van der Waals surface area contributed by atoms with Crippen LogP contribution in [0, 0.1) is 0 Å². The number of rotatable bonds is 6. The molecule has 11 heavy (non-hydrogen) atoms. The van der Waals surface area contributed by atoms with Gasteiger partial charge in [-0.3, -0.25) is 4.79 Å². The highest BCUT2D eigenvalue weighted by molar-refractivity contribution is 7.99. The lowest BCUT2D eigenvalue weighted by Gasteiger charge is -2.04. The SMILES string of the molecule is N[C@@H](CCSCCCl)C(=O)O. The van der Waals surface area contributed by atoms with E-state index < -0.39 is 12.0 Å². The van der Waals surface area contributed by atoms with Gasteiger partial charge < -0.3 is 10.8 Å². The van der Waals surface area contributed by atoms with Crippen molar-refractivity contribution in [3.05, 3.63) is 0 Å². The first-order valence-electron chi connectivity index (χ1n) is 3.30. The van der Waals surface area contributed by atoms with Crippen molar-refractivity contribution in [2.45, 2.75) is 12.5 Å². The highest BCUT2D eigenvalue weighted by Gasteiger charge is 2.09. The highest BCUT2D eigenvalue weighted by Crippen LogP contribution is 2.04.